The second-order valence-corrected chi connectivity index (χ2v) is 4.62. The number of hydrogen-bond donors (Lipinski definition) is 3. The molecule has 9 nitrogen and oxygen atoms in total. The molecule has 1 amide bonds. The summed E-state index contributed by atoms with van der Waals surface area (Å²) in [6.07, 6.45) is -4.95. The van der Waals surface area contributed by atoms with Crippen LogP contribution in [0.2, 0.25) is 0 Å². The normalized spacial score (nSPS) is 32.1. The minimum atomic E-state index is -1.53. The Balaban J connectivity index is 3.08. The summed E-state index contributed by atoms with van der Waals surface area (Å²) in [6.45, 7) is 2.90. The predicted molar refractivity (Wildman–Crippen MR) is 66.7 cm³/mol. The molecule has 0 bridgehead atoms. The smallest absolute Gasteiger partial charge is 0.303 e. The van der Waals surface area contributed by atoms with Crippen LogP contribution >= 0.6 is 0 Å². The van der Waals surface area contributed by atoms with Crippen molar-refractivity contribution in [2.45, 2.75) is 51.4 Å². The zero-order chi connectivity index (χ0) is 16.2. The van der Waals surface area contributed by atoms with E-state index < -0.39 is 55.1 Å². The number of rotatable bonds is 4. The Morgan fingerprint density at radius 2 is 1.62 bits per heavy atom. The number of ether oxygens (including phenoxy) is 3. The van der Waals surface area contributed by atoms with Crippen molar-refractivity contribution in [1.29, 1.82) is 0 Å². The fourth-order valence-electron chi connectivity index (χ4n) is 2.12. The molecule has 0 unspecified atom stereocenters. The van der Waals surface area contributed by atoms with Crippen LogP contribution in [0.25, 0.3) is 0 Å². The van der Waals surface area contributed by atoms with Crippen LogP contribution < -0.4 is 5.32 Å². The quantitative estimate of drug-likeness (QED) is 0.511. The van der Waals surface area contributed by atoms with Crippen LogP contribution in [0.1, 0.15) is 20.8 Å². The third-order valence-corrected chi connectivity index (χ3v) is 2.82. The minimum absolute atomic E-state index is 0.496. The average Bonchev–Trinajstić information content (AvgIpc) is 2.35. The van der Waals surface area contributed by atoms with Gasteiger partial charge in [0.1, 0.15) is 12.1 Å². The number of amides is 1. The van der Waals surface area contributed by atoms with Gasteiger partial charge in [0, 0.05) is 20.8 Å². The van der Waals surface area contributed by atoms with Crippen molar-refractivity contribution in [1.82, 2.24) is 5.32 Å². The molecule has 0 spiro atoms. The summed E-state index contributed by atoms with van der Waals surface area (Å²) in [5.74, 6) is -1.88. The summed E-state index contributed by atoms with van der Waals surface area (Å²) in [5.41, 5.74) is 0. The molecule has 0 aromatic carbocycles. The van der Waals surface area contributed by atoms with E-state index in [0.29, 0.717) is 0 Å². The number of carbonyl (C=O) groups is 3. The largest absolute Gasteiger partial charge is 0.456 e. The second kappa shape index (κ2) is 7.34. The van der Waals surface area contributed by atoms with E-state index in [9.17, 15) is 24.6 Å². The fourth-order valence-corrected chi connectivity index (χ4v) is 2.12. The van der Waals surface area contributed by atoms with Gasteiger partial charge in [-0.25, -0.2) is 0 Å². The van der Waals surface area contributed by atoms with Gasteiger partial charge in [-0.15, -0.1) is 0 Å². The van der Waals surface area contributed by atoms with Crippen LogP contribution in [0.15, 0.2) is 0 Å². The zero-order valence-corrected chi connectivity index (χ0v) is 11.9. The zero-order valence-electron chi connectivity index (χ0n) is 11.9. The fraction of sp³-hybridized carbons (Fsp3) is 0.750. The summed E-state index contributed by atoms with van der Waals surface area (Å²) >= 11 is 0. The number of esters is 2. The SMILES string of the molecule is CC(=O)N[C@@H]1[C@@H](OC(C)=O)[C@@H](OC(C)=O)[C@@H](CO)O[C@@H]1O. The molecule has 1 rings (SSSR count). The molecule has 1 saturated heterocycles. The number of aliphatic hydroxyl groups is 2. The monoisotopic (exact) mass is 305 g/mol. The molecule has 0 saturated carbocycles. The highest BCUT2D eigenvalue weighted by atomic mass is 16.7. The summed E-state index contributed by atoms with van der Waals surface area (Å²) in [4.78, 5) is 33.6. The number of aliphatic hydroxyl groups excluding tert-OH is 2. The van der Waals surface area contributed by atoms with Crippen LogP contribution in [0.5, 0.6) is 0 Å². The Labute approximate surface area is 121 Å². The first-order chi connectivity index (χ1) is 9.76. The summed E-state index contributed by atoms with van der Waals surface area (Å²) in [6, 6.07) is -1.13. The summed E-state index contributed by atoms with van der Waals surface area (Å²) in [7, 11) is 0. The van der Waals surface area contributed by atoms with Gasteiger partial charge in [0.2, 0.25) is 5.91 Å². The van der Waals surface area contributed by atoms with Crippen LogP contribution in [0.4, 0.5) is 0 Å². The van der Waals surface area contributed by atoms with Crippen LogP contribution in [0, 0.1) is 0 Å². The lowest BCUT2D eigenvalue weighted by molar-refractivity contribution is -0.263. The lowest BCUT2D eigenvalue weighted by Gasteiger charge is -2.43. The maximum atomic E-state index is 11.2. The average molecular weight is 305 g/mol. The van der Waals surface area contributed by atoms with Gasteiger partial charge in [-0.3, -0.25) is 14.4 Å². The van der Waals surface area contributed by atoms with Gasteiger partial charge in [0.05, 0.1) is 6.61 Å². The molecule has 9 heteroatoms. The maximum absolute atomic E-state index is 11.2. The third kappa shape index (κ3) is 4.66. The van der Waals surface area contributed by atoms with Crippen molar-refractivity contribution in [2.24, 2.45) is 0 Å². The molecule has 0 aromatic heterocycles. The van der Waals surface area contributed by atoms with Gasteiger partial charge in [0.15, 0.2) is 18.5 Å². The first-order valence-electron chi connectivity index (χ1n) is 6.32. The molecule has 3 N–H and O–H groups in total. The number of carbonyl (C=O) groups excluding carboxylic acids is 3. The predicted octanol–water partition coefficient (Wildman–Crippen LogP) is -1.94. The molecule has 1 aliphatic heterocycles. The van der Waals surface area contributed by atoms with Gasteiger partial charge < -0.3 is 29.7 Å². The van der Waals surface area contributed by atoms with Gasteiger partial charge in [0.25, 0.3) is 0 Å². The summed E-state index contributed by atoms with van der Waals surface area (Å²) in [5, 5.41) is 21.5. The van der Waals surface area contributed by atoms with E-state index in [4.69, 9.17) is 14.2 Å². The maximum Gasteiger partial charge on any atom is 0.303 e. The van der Waals surface area contributed by atoms with Crippen LogP contribution in [-0.2, 0) is 28.6 Å². The molecular weight excluding hydrogens is 286 g/mol. The van der Waals surface area contributed by atoms with Gasteiger partial charge in [-0.2, -0.15) is 0 Å². The summed E-state index contributed by atoms with van der Waals surface area (Å²) < 4.78 is 15.1. The Morgan fingerprint density at radius 1 is 1.10 bits per heavy atom. The molecule has 0 aromatic rings. The van der Waals surface area contributed by atoms with E-state index in [-0.39, 0.29) is 0 Å². The van der Waals surface area contributed by atoms with E-state index in [1.165, 1.54) is 6.92 Å². The lowest BCUT2D eigenvalue weighted by Crippen LogP contribution is -2.65. The van der Waals surface area contributed by atoms with E-state index in [2.05, 4.69) is 5.32 Å². The molecule has 0 aliphatic carbocycles. The molecule has 1 fully saturated rings. The van der Waals surface area contributed by atoms with E-state index >= 15 is 0 Å². The number of nitrogens with one attached hydrogen (secondary N) is 1. The molecule has 5 atom stereocenters. The van der Waals surface area contributed by atoms with Crippen molar-refractivity contribution < 1.29 is 38.8 Å². The van der Waals surface area contributed by atoms with E-state index in [0.717, 1.165) is 13.8 Å². The molecule has 120 valence electrons. The van der Waals surface area contributed by atoms with Crippen molar-refractivity contribution in [3.63, 3.8) is 0 Å². The van der Waals surface area contributed by atoms with Crippen molar-refractivity contribution in [2.75, 3.05) is 6.61 Å². The first kappa shape index (κ1) is 17.3. The Kier molecular flexibility index (Phi) is 6.06. The van der Waals surface area contributed by atoms with Crippen LogP contribution in [-0.4, -0.2) is 65.3 Å². The highest BCUT2D eigenvalue weighted by Crippen LogP contribution is 2.25. The Morgan fingerprint density at radius 3 is 2.05 bits per heavy atom. The first-order valence-corrected chi connectivity index (χ1v) is 6.32. The van der Waals surface area contributed by atoms with Gasteiger partial charge in [-0.05, 0) is 0 Å². The molecule has 1 aliphatic rings. The van der Waals surface area contributed by atoms with Crippen LogP contribution in [0.3, 0.4) is 0 Å². The highest BCUT2D eigenvalue weighted by molar-refractivity contribution is 5.73. The molecular formula is C12H19NO8. The Hall–Kier alpha value is -1.71. The molecule has 1 heterocycles. The van der Waals surface area contributed by atoms with E-state index in [1.807, 2.05) is 0 Å². The molecule has 0 radical (unpaired) electrons. The van der Waals surface area contributed by atoms with Crippen molar-refractivity contribution >= 4 is 17.8 Å². The van der Waals surface area contributed by atoms with Crippen molar-refractivity contribution in [3.05, 3.63) is 0 Å². The van der Waals surface area contributed by atoms with Gasteiger partial charge >= 0.3 is 11.9 Å². The Bertz CT molecular complexity index is 412. The standard InChI is InChI=1S/C12H19NO8/c1-5(15)13-9-11(20-7(3)17)10(19-6(2)16)8(4-14)21-12(9)18/h8-12,14,18H,4H2,1-3H3,(H,13,15)/t8-,9-,10+,11-,12+/m1/s1. The van der Waals surface area contributed by atoms with Gasteiger partial charge in [-0.1, -0.05) is 0 Å². The number of hydrogen-bond acceptors (Lipinski definition) is 8. The third-order valence-electron chi connectivity index (χ3n) is 2.82. The van der Waals surface area contributed by atoms with Crippen molar-refractivity contribution in [3.8, 4) is 0 Å². The lowest BCUT2D eigenvalue weighted by atomic mass is 9.96. The minimum Gasteiger partial charge on any atom is -0.456 e. The molecule has 21 heavy (non-hydrogen) atoms. The van der Waals surface area contributed by atoms with E-state index in [1.54, 1.807) is 0 Å². The topological polar surface area (TPSA) is 131 Å². The highest BCUT2D eigenvalue weighted by Gasteiger charge is 2.49. The second-order valence-electron chi connectivity index (χ2n) is 4.62.